The fourth-order valence-corrected chi connectivity index (χ4v) is 5.17. The Hall–Kier alpha value is 0.190. The molecule has 112 valence electrons. The molecule has 1 fully saturated rings. The Labute approximate surface area is 138 Å². The molecular formula is C13H16BrCl2NO2S. The lowest BCUT2D eigenvalue weighted by molar-refractivity contribution is 0.347. The van der Waals surface area contributed by atoms with E-state index in [1.54, 1.807) is 6.07 Å². The molecule has 2 rings (SSSR count). The predicted molar refractivity (Wildman–Crippen MR) is 86.3 cm³/mol. The number of nitrogens with one attached hydrogen (secondary N) is 1. The van der Waals surface area contributed by atoms with Gasteiger partial charge in [0.1, 0.15) is 4.90 Å². The summed E-state index contributed by atoms with van der Waals surface area (Å²) in [6, 6.07) is 4.44. The van der Waals surface area contributed by atoms with E-state index in [1.807, 2.05) is 0 Å². The minimum atomic E-state index is -3.64. The molecule has 0 radical (unpaired) electrons. The molecule has 1 aliphatic rings. The first-order valence-corrected chi connectivity index (χ1v) is 9.75. The Morgan fingerprint density at radius 2 is 1.90 bits per heavy atom. The van der Waals surface area contributed by atoms with Crippen molar-refractivity contribution < 1.29 is 8.42 Å². The van der Waals surface area contributed by atoms with Crippen LogP contribution < -0.4 is 4.72 Å². The van der Waals surface area contributed by atoms with Crippen molar-refractivity contribution in [2.24, 2.45) is 5.41 Å². The summed E-state index contributed by atoms with van der Waals surface area (Å²) >= 11 is 15.3. The average molecular weight is 401 g/mol. The van der Waals surface area contributed by atoms with Crippen LogP contribution >= 0.6 is 39.1 Å². The number of hydrogen-bond acceptors (Lipinski definition) is 2. The molecule has 3 nitrogen and oxygen atoms in total. The highest BCUT2D eigenvalue weighted by Crippen LogP contribution is 2.39. The first kappa shape index (κ1) is 16.6. The predicted octanol–water partition coefficient (Wildman–Crippen LogP) is 4.23. The number of sulfonamides is 1. The highest BCUT2D eigenvalue weighted by atomic mass is 79.9. The first-order valence-electron chi connectivity index (χ1n) is 6.39. The third-order valence-corrected chi connectivity index (χ3v) is 7.08. The van der Waals surface area contributed by atoms with Gasteiger partial charge in [-0.3, -0.25) is 0 Å². The molecule has 0 spiro atoms. The van der Waals surface area contributed by atoms with Crippen molar-refractivity contribution in [3.63, 3.8) is 0 Å². The highest BCUT2D eigenvalue weighted by molar-refractivity contribution is 9.09. The van der Waals surface area contributed by atoms with Crippen molar-refractivity contribution in [1.82, 2.24) is 4.72 Å². The van der Waals surface area contributed by atoms with Gasteiger partial charge < -0.3 is 0 Å². The van der Waals surface area contributed by atoms with Crippen LogP contribution in [0.4, 0.5) is 0 Å². The molecule has 0 amide bonds. The summed E-state index contributed by atoms with van der Waals surface area (Å²) in [5.41, 5.74) is 0.0120. The van der Waals surface area contributed by atoms with E-state index in [1.165, 1.54) is 12.1 Å². The molecule has 20 heavy (non-hydrogen) atoms. The smallest absolute Gasteiger partial charge is 0.211 e. The van der Waals surface area contributed by atoms with Crippen molar-refractivity contribution in [3.05, 3.63) is 28.2 Å². The van der Waals surface area contributed by atoms with Gasteiger partial charge in [-0.05, 0) is 36.5 Å². The van der Waals surface area contributed by atoms with E-state index < -0.39 is 10.0 Å². The minimum absolute atomic E-state index is 0.0120. The molecule has 0 aromatic heterocycles. The maximum absolute atomic E-state index is 12.4. The SMILES string of the molecule is O=S(=O)(NCC1(CBr)CCCC1)c1cc(Cl)ccc1Cl. The van der Waals surface area contributed by atoms with Crippen molar-refractivity contribution in [1.29, 1.82) is 0 Å². The maximum Gasteiger partial charge on any atom is 0.242 e. The Morgan fingerprint density at radius 3 is 2.50 bits per heavy atom. The van der Waals surface area contributed by atoms with E-state index in [-0.39, 0.29) is 15.3 Å². The van der Waals surface area contributed by atoms with Gasteiger partial charge in [-0.2, -0.15) is 0 Å². The van der Waals surface area contributed by atoms with Gasteiger partial charge in [0.05, 0.1) is 5.02 Å². The Bertz CT molecular complexity index is 586. The third-order valence-electron chi connectivity index (χ3n) is 3.77. The lowest BCUT2D eigenvalue weighted by Gasteiger charge is -2.26. The highest BCUT2D eigenvalue weighted by Gasteiger charge is 2.34. The van der Waals surface area contributed by atoms with Crippen molar-refractivity contribution in [3.8, 4) is 0 Å². The molecular weight excluding hydrogens is 385 g/mol. The molecule has 1 aromatic rings. The van der Waals surface area contributed by atoms with E-state index >= 15 is 0 Å². The van der Waals surface area contributed by atoms with Crippen molar-refractivity contribution >= 4 is 49.2 Å². The van der Waals surface area contributed by atoms with E-state index in [4.69, 9.17) is 23.2 Å². The first-order chi connectivity index (χ1) is 9.38. The molecule has 0 bridgehead atoms. The van der Waals surface area contributed by atoms with Crippen LogP contribution in [0.3, 0.4) is 0 Å². The summed E-state index contributed by atoms with van der Waals surface area (Å²) in [6.07, 6.45) is 4.35. The van der Waals surface area contributed by atoms with Crippen LogP contribution in [0, 0.1) is 5.41 Å². The average Bonchev–Trinajstić information content (AvgIpc) is 2.89. The molecule has 0 atom stereocenters. The van der Waals surface area contributed by atoms with E-state index in [9.17, 15) is 8.42 Å². The Kier molecular flexibility index (Phi) is 5.40. The summed E-state index contributed by atoms with van der Waals surface area (Å²) < 4.78 is 27.4. The number of benzene rings is 1. The molecule has 1 saturated carbocycles. The summed E-state index contributed by atoms with van der Waals surface area (Å²) in [5.74, 6) is 0. The fourth-order valence-electron chi connectivity index (χ4n) is 2.49. The van der Waals surface area contributed by atoms with Crippen molar-refractivity contribution in [2.75, 3.05) is 11.9 Å². The third kappa shape index (κ3) is 3.69. The molecule has 0 aliphatic heterocycles. The normalized spacial score (nSPS) is 18.4. The van der Waals surface area contributed by atoms with Crippen molar-refractivity contribution in [2.45, 2.75) is 30.6 Å². The summed E-state index contributed by atoms with van der Waals surface area (Å²) in [6.45, 7) is 0.420. The van der Waals surface area contributed by atoms with Gasteiger partial charge in [0, 0.05) is 16.9 Å². The minimum Gasteiger partial charge on any atom is -0.211 e. The Balaban J connectivity index is 2.17. The van der Waals surface area contributed by atoms with Gasteiger partial charge in [0.2, 0.25) is 10.0 Å². The summed E-state index contributed by atoms with van der Waals surface area (Å²) in [4.78, 5) is 0.0365. The number of rotatable bonds is 5. The van der Waals surface area contributed by atoms with Crippen LogP contribution in [-0.2, 0) is 10.0 Å². The standard InChI is InChI=1S/C13H16BrCl2NO2S/c14-8-13(5-1-2-6-13)9-17-20(18,19)12-7-10(15)3-4-11(12)16/h3-4,7,17H,1-2,5-6,8-9H2. The molecule has 7 heteroatoms. The molecule has 1 N–H and O–H groups in total. The van der Waals surface area contributed by atoms with Crippen LogP contribution in [0.2, 0.25) is 10.0 Å². The Morgan fingerprint density at radius 1 is 1.25 bits per heavy atom. The largest absolute Gasteiger partial charge is 0.242 e. The number of alkyl halides is 1. The zero-order chi connectivity index (χ0) is 14.8. The van der Waals surface area contributed by atoms with Crippen LogP contribution in [0.25, 0.3) is 0 Å². The zero-order valence-electron chi connectivity index (χ0n) is 10.8. The summed E-state index contributed by atoms with van der Waals surface area (Å²) in [5, 5.41) is 1.33. The van der Waals surface area contributed by atoms with Crippen LogP contribution in [0.15, 0.2) is 23.1 Å². The molecule has 0 heterocycles. The number of hydrogen-bond donors (Lipinski definition) is 1. The zero-order valence-corrected chi connectivity index (χ0v) is 14.7. The van der Waals surface area contributed by atoms with Gasteiger partial charge >= 0.3 is 0 Å². The summed E-state index contributed by atoms with van der Waals surface area (Å²) in [7, 11) is -3.64. The van der Waals surface area contributed by atoms with Crippen LogP contribution in [0.1, 0.15) is 25.7 Å². The second-order valence-electron chi connectivity index (χ2n) is 5.24. The maximum atomic E-state index is 12.4. The van der Waals surface area contributed by atoms with Crippen LogP contribution in [0.5, 0.6) is 0 Å². The van der Waals surface area contributed by atoms with E-state index in [2.05, 4.69) is 20.7 Å². The van der Waals surface area contributed by atoms with Gasteiger partial charge in [0.15, 0.2) is 0 Å². The molecule has 0 saturated heterocycles. The second kappa shape index (κ2) is 6.53. The van der Waals surface area contributed by atoms with Gasteiger partial charge in [-0.15, -0.1) is 0 Å². The lowest BCUT2D eigenvalue weighted by Crippen LogP contribution is -2.37. The second-order valence-corrected chi connectivity index (χ2v) is 8.38. The van der Waals surface area contributed by atoms with Gasteiger partial charge in [-0.25, -0.2) is 13.1 Å². The van der Waals surface area contributed by atoms with E-state index in [0.717, 1.165) is 31.0 Å². The molecule has 1 aliphatic carbocycles. The van der Waals surface area contributed by atoms with Gasteiger partial charge in [-0.1, -0.05) is 52.0 Å². The quantitative estimate of drug-likeness (QED) is 0.751. The molecule has 0 unspecified atom stereocenters. The fraction of sp³-hybridized carbons (Fsp3) is 0.538. The topological polar surface area (TPSA) is 46.2 Å². The van der Waals surface area contributed by atoms with Gasteiger partial charge in [0.25, 0.3) is 0 Å². The monoisotopic (exact) mass is 399 g/mol. The van der Waals surface area contributed by atoms with Crippen LogP contribution in [-0.4, -0.2) is 20.3 Å². The number of halogens is 3. The lowest BCUT2D eigenvalue weighted by atomic mass is 9.89. The van der Waals surface area contributed by atoms with E-state index in [0.29, 0.717) is 11.6 Å². The molecule has 1 aromatic carbocycles.